The molecule has 0 unspecified atom stereocenters. The summed E-state index contributed by atoms with van der Waals surface area (Å²) in [7, 11) is -3.22. The molecule has 5 heteroatoms. The molecule has 0 amide bonds. The summed E-state index contributed by atoms with van der Waals surface area (Å²) in [6.45, 7) is 5.75. The number of nitrogen functional groups attached to an aromatic ring is 1. The van der Waals surface area contributed by atoms with Crippen LogP contribution in [0.2, 0.25) is 0 Å². The predicted octanol–water partition coefficient (Wildman–Crippen LogP) is 1.75. The Bertz CT molecular complexity index is 469. The topological polar surface area (TPSA) is 63.4 Å². The number of hydrogen-bond acceptors (Lipinski definition) is 3. The van der Waals surface area contributed by atoms with E-state index in [-0.39, 0.29) is 5.75 Å². The Morgan fingerprint density at radius 3 is 2.38 bits per heavy atom. The van der Waals surface area contributed by atoms with Crippen LogP contribution in [0.3, 0.4) is 0 Å². The van der Waals surface area contributed by atoms with Crippen molar-refractivity contribution in [3.8, 4) is 0 Å². The number of sulfonamides is 1. The summed E-state index contributed by atoms with van der Waals surface area (Å²) < 4.78 is 25.0. The lowest BCUT2D eigenvalue weighted by atomic mass is 10.2. The molecule has 90 valence electrons. The van der Waals surface area contributed by atoms with E-state index in [4.69, 9.17) is 5.73 Å². The Labute approximate surface area is 97.1 Å². The molecule has 0 bridgehead atoms. The van der Waals surface area contributed by atoms with Crippen molar-refractivity contribution in [1.82, 2.24) is 0 Å². The summed E-state index contributed by atoms with van der Waals surface area (Å²) in [6, 6.07) is 5.31. The molecule has 2 N–H and O–H groups in total. The fourth-order valence-electron chi connectivity index (χ4n) is 1.48. The maximum atomic E-state index is 11.8. The van der Waals surface area contributed by atoms with Crippen molar-refractivity contribution in [1.29, 1.82) is 0 Å². The Morgan fingerprint density at radius 1 is 1.31 bits per heavy atom. The molecule has 1 aromatic carbocycles. The van der Waals surface area contributed by atoms with E-state index in [0.717, 1.165) is 5.56 Å². The summed E-state index contributed by atoms with van der Waals surface area (Å²) in [4.78, 5) is 0. The third-order valence-corrected chi connectivity index (χ3v) is 4.41. The molecular formula is C11H18N2O2S. The van der Waals surface area contributed by atoms with E-state index in [2.05, 4.69) is 0 Å². The monoisotopic (exact) mass is 242 g/mol. The van der Waals surface area contributed by atoms with Gasteiger partial charge in [-0.25, -0.2) is 8.42 Å². The molecule has 1 rings (SSSR count). The zero-order valence-electron chi connectivity index (χ0n) is 9.90. The lowest BCUT2D eigenvalue weighted by Gasteiger charge is -2.22. The highest BCUT2D eigenvalue weighted by Crippen LogP contribution is 2.23. The first-order valence-corrected chi connectivity index (χ1v) is 6.89. The fourth-order valence-corrected chi connectivity index (χ4v) is 2.62. The van der Waals surface area contributed by atoms with Gasteiger partial charge in [0.25, 0.3) is 0 Å². The number of anilines is 2. The van der Waals surface area contributed by atoms with Crippen molar-refractivity contribution in [3.05, 3.63) is 23.8 Å². The van der Waals surface area contributed by atoms with Crippen LogP contribution in [0.4, 0.5) is 11.4 Å². The number of rotatable bonds is 4. The van der Waals surface area contributed by atoms with Crippen molar-refractivity contribution in [2.24, 2.45) is 0 Å². The smallest absolute Gasteiger partial charge is 0.234 e. The Kier molecular flexibility index (Phi) is 3.80. The average Bonchev–Trinajstić information content (AvgIpc) is 2.24. The van der Waals surface area contributed by atoms with E-state index in [9.17, 15) is 8.42 Å². The molecular weight excluding hydrogens is 224 g/mol. The number of aryl methyl sites for hydroxylation is 1. The van der Waals surface area contributed by atoms with Crippen LogP contribution >= 0.6 is 0 Å². The quantitative estimate of drug-likeness (QED) is 0.818. The maximum absolute atomic E-state index is 11.8. The predicted molar refractivity (Wildman–Crippen MR) is 68.1 cm³/mol. The van der Waals surface area contributed by atoms with Crippen molar-refractivity contribution >= 4 is 21.4 Å². The van der Waals surface area contributed by atoms with Crippen molar-refractivity contribution < 1.29 is 8.42 Å². The lowest BCUT2D eigenvalue weighted by Crippen LogP contribution is -2.32. The Hall–Kier alpha value is -1.23. The third kappa shape index (κ3) is 2.47. The zero-order valence-corrected chi connectivity index (χ0v) is 10.7. The number of hydrogen-bond donors (Lipinski definition) is 1. The molecule has 0 aromatic heterocycles. The highest BCUT2D eigenvalue weighted by molar-refractivity contribution is 7.92. The molecule has 0 atom stereocenters. The molecule has 0 saturated carbocycles. The van der Waals surface area contributed by atoms with E-state index in [0.29, 0.717) is 17.9 Å². The van der Waals surface area contributed by atoms with Crippen molar-refractivity contribution in [2.45, 2.75) is 20.8 Å². The van der Waals surface area contributed by atoms with Crippen LogP contribution in [0, 0.1) is 6.92 Å². The molecule has 0 fully saturated rings. The van der Waals surface area contributed by atoms with E-state index >= 15 is 0 Å². The van der Waals surface area contributed by atoms with Gasteiger partial charge in [0.05, 0.1) is 11.4 Å². The highest BCUT2D eigenvalue weighted by Gasteiger charge is 2.18. The standard InChI is InChI=1S/C11H18N2O2S/c1-4-13(16(14,15)5-2)10-7-6-9(3)11(12)8-10/h6-8H,4-5,12H2,1-3H3. The molecule has 1 aromatic rings. The van der Waals surface area contributed by atoms with Crippen LogP contribution < -0.4 is 10.0 Å². The van der Waals surface area contributed by atoms with Gasteiger partial charge >= 0.3 is 0 Å². The van der Waals surface area contributed by atoms with Crippen molar-refractivity contribution in [2.75, 3.05) is 22.3 Å². The minimum absolute atomic E-state index is 0.0919. The van der Waals surface area contributed by atoms with Gasteiger partial charge in [-0.05, 0) is 38.5 Å². The third-order valence-electron chi connectivity index (χ3n) is 2.54. The molecule has 0 heterocycles. The highest BCUT2D eigenvalue weighted by atomic mass is 32.2. The van der Waals surface area contributed by atoms with Crippen LogP contribution in [-0.2, 0) is 10.0 Å². The Balaban J connectivity index is 3.20. The van der Waals surface area contributed by atoms with Gasteiger partial charge in [0.2, 0.25) is 10.0 Å². The number of benzene rings is 1. The lowest BCUT2D eigenvalue weighted by molar-refractivity contribution is 0.593. The van der Waals surface area contributed by atoms with E-state index in [1.54, 1.807) is 19.1 Å². The van der Waals surface area contributed by atoms with Gasteiger partial charge in [-0.3, -0.25) is 4.31 Å². The molecule has 0 saturated heterocycles. The SMILES string of the molecule is CCN(c1ccc(C)c(N)c1)S(=O)(=O)CC. The first-order valence-electron chi connectivity index (χ1n) is 5.29. The fraction of sp³-hybridized carbons (Fsp3) is 0.455. The summed E-state index contributed by atoms with van der Waals surface area (Å²) in [5.41, 5.74) is 7.97. The van der Waals surface area contributed by atoms with Crippen LogP contribution in [0.5, 0.6) is 0 Å². The van der Waals surface area contributed by atoms with Gasteiger partial charge in [0.1, 0.15) is 0 Å². The molecule has 4 nitrogen and oxygen atoms in total. The van der Waals surface area contributed by atoms with Gasteiger partial charge in [0.15, 0.2) is 0 Å². The second kappa shape index (κ2) is 4.74. The second-order valence-corrected chi connectivity index (χ2v) is 5.79. The molecule has 0 spiro atoms. The molecule has 0 aliphatic heterocycles. The summed E-state index contributed by atoms with van der Waals surface area (Å²) in [5, 5.41) is 0. The van der Waals surface area contributed by atoms with Crippen molar-refractivity contribution in [3.63, 3.8) is 0 Å². The van der Waals surface area contributed by atoms with Crippen LogP contribution in [0.1, 0.15) is 19.4 Å². The summed E-state index contributed by atoms with van der Waals surface area (Å²) in [5.74, 6) is 0.0919. The summed E-state index contributed by atoms with van der Waals surface area (Å²) >= 11 is 0. The molecule has 0 radical (unpaired) electrons. The number of nitrogens with two attached hydrogens (primary N) is 1. The van der Waals surface area contributed by atoms with E-state index in [1.807, 2.05) is 19.9 Å². The van der Waals surface area contributed by atoms with Crippen LogP contribution in [0.25, 0.3) is 0 Å². The number of nitrogens with zero attached hydrogens (tertiary/aromatic N) is 1. The average molecular weight is 242 g/mol. The van der Waals surface area contributed by atoms with Gasteiger partial charge < -0.3 is 5.73 Å². The van der Waals surface area contributed by atoms with E-state index < -0.39 is 10.0 Å². The van der Waals surface area contributed by atoms with Crippen LogP contribution in [0.15, 0.2) is 18.2 Å². The largest absolute Gasteiger partial charge is 0.398 e. The van der Waals surface area contributed by atoms with Crippen LogP contribution in [-0.4, -0.2) is 20.7 Å². The maximum Gasteiger partial charge on any atom is 0.234 e. The zero-order chi connectivity index (χ0) is 12.3. The first kappa shape index (κ1) is 12.8. The Morgan fingerprint density at radius 2 is 1.94 bits per heavy atom. The van der Waals surface area contributed by atoms with Gasteiger partial charge in [0, 0.05) is 12.2 Å². The summed E-state index contributed by atoms with van der Waals surface area (Å²) in [6.07, 6.45) is 0. The second-order valence-electron chi connectivity index (χ2n) is 3.61. The molecule has 0 aliphatic carbocycles. The van der Waals surface area contributed by atoms with Gasteiger partial charge in [-0.2, -0.15) is 0 Å². The van der Waals surface area contributed by atoms with Gasteiger partial charge in [-0.1, -0.05) is 6.07 Å². The van der Waals surface area contributed by atoms with E-state index in [1.165, 1.54) is 4.31 Å². The minimum Gasteiger partial charge on any atom is -0.398 e. The first-order chi connectivity index (χ1) is 7.42. The minimum atomic E-state index is -3.22. The molecule has 0 aliphatic rings. The normalized spacial score (nSPS) is 11.4. The van der Waals surface area contributed by atoms with Gasteiger partial charge in [-0.15, -0.1) is 0 Å². The molecule has 16 heavy (non-hydrogen) atoms.